The number of rotatable bonds is 2. The van der Waals surface area contributed by atoms with Gasteiger partial charge in [0, 0.05) is 11.6 Å². The normalized spacial score (nSPS) is 10.2. The molecule has 1 aromatic heterocycles. The molecule has 2 aromatic carbocycles. The van der Waals surface area contributed by atoms with E-state index in [1.165, 1.54) is 6.20 Å². The van der Waals surface area contributed by atoms with Crippen LogP contribution in [0.15, 0.2) is 54.7 Å². The van der Waals surface area contributed by atoms with Crippen LogP contribution in [0.2, 0.25) is 0 Å². The summed E-state index contributed by atoms with van der Waals surface area (Å²) in [4.78, 5) is 4.20. The Hall–Kier alpha value is -3.06. The highest BCUT2D eigenvalue weighted by Gasteiger charge is 2.07. The Morgan fingerprint density at radius 1 is 1.05 bits per heavy atom. The van der Waals surface area contributed by atoms with Crippen LogP contribution in [0.25, 0.3) is 10.9 Å². The lowest BCUT2D eigenvalue weighted by molar-refractivity contribution is 0.483. The summed E-state index contributed by atoms with van der Waals surface area (Å²) in [5.74, 6) is 1.40. The Kier molecular flexibility index (Phi) is 2.94. The van der Waals surface area contributed by atoms with Gasteiger partial charge in [0.25, 0.3) is 0 Å². The molecule has 0 bridgehead atoms. The number of nitrogens with zero attached hydrogens (tertiary/aromatic N) is 2. The Bertz CT molecular complexity index is 807. The van der Waals surface area contributed by atoms with Crippen molar-refractivity contribution in [3.63, 3.8) is 0 Å². The molecule has 3 aromatic rings. The summed E-state index contributed by atoms with van der Waals surface area (Å²) in [6.07, 6.45) is 1.48. The molecule has 3 rings (SSSR count). The van der Waals surface area contributed by atoms with Crippen LogP contribution in [0.4, 0.5) is 5.69 Å². The smallest absolute Gasteiger partial charge is 0.128 e. The van der Waals surface area contributed by atoms with Crippen LogP contribution in [0.1, 0.15) is 5.56 Å². The summed E-state index contributed by atoms with van der Waals surface area (Å²) in [5, 5.41) is 9.70. The fraction of sp³-hybridized carbons (Fsp3) is 0. The highest BCUT2D eigenvalue weighted by molar-refractivity contribution is 5.93. The highest BCUT2D eigenvalue weighted by Crippen LogP contribution is 2.29. The Balaban J connectivity index is 2.06. The maximum atomic E-state index is 8.98. The molecule has 0 aliphatic carbocycles. The lowest BCUT2D eigenvalue weighted by Gasteiger charge is -2.08. The van der Waals surface area contributed by atoms with Gasteiger partial charge in [0.1, 0.15) is 17.6 Å². The average molecular weight is 261 g/mol. The zero-order chi connectivity index (χ0) is 13.9. The van der Waals surface area contributed by atoms with E-state index < -0.39 is 0 Å². The monoisotopic (exact) mass is 261 g/mol. The van der Waals surface area contributed by atoms with E-state index in [1.54, 1.807) is 6.07 Å². The third-order valence-electron chi connectivity index (χ3n) is 2.98. The van der Waals surface area contributed by atoms with Crippen molar-refractivity contribution in [1.29, 1.82) is 5.26 Å². The zero-order valence-corrected chi connectivity index (χ0v) is 10.6. The summed E-state index contributed by atoms with van der Waals surface area (Å²) in [5.41, 5.74) is 7.51. The molecule has 0 amide bonds. The van der Waals surface area contributed by atoms with Crippen molar-refractivity contribution in [2.75, 3.05) is 5.73 Å². The van der Waals surface area contributed by atoms with Crippen LogP contribution < -0.4 is 10.5 Å². The third-order valence-corrected chi connectivity index (χ3v) is 2.98. The predicted octanol–water partition coefficient (Wildman–Crippen LogP) is 3.48. The summed E-state index contributed by atoms with van der Waals surface area (Å²) in [7, 11) is 0. The van der Waals surface area contributed by atoms with Gasteiger partial charge in [0.05, 0.1) is 16.8 Å². The lowest BCUT2D eigenvalue weighted by Crippen LogP contribution is -1.94. The van der Waals surface area contributed by atoms with E-state index in [-0.39, 0.29) is 0 Å². The maximum absolute atomic E-state index is 8.98. The molecule has 0 atom stereocenters. The second kappa shape index (κ2) is 4.90. The van der Waals surface area contributed by atoms with Crippen LogP contribution in [0.5, 0.6) is 11.5 Å². The second-order valence-electron chi connectivity index (χ2n) is 4.29. The lowest BCUT2D eigenvalue weighted by atomic mass is 10.1. The molecule has 1 heterocycles. The largest absolute Gasteiger partial charge is 0.457 e. The van der Waals surface area contributed by atoms with Gasteiger partial charge in [0.15, 0.2) is 0 Å². The third kappa shape index (κ3) is 2.13. The predicted molar refractivity (Wildman–Crippen MR) is 77.4 cm³/mol. The van der Waals surface area contributed by atoms with Crippen molar-refractivity contribution in [1.82, 2.24) is 4.98 Å². The first-order chi connectivity index (χ1) is 9.78. The minimum atomic E-state index is 0.370. The number of anilines is 1. The molecule has 0 aliphatic rings. The second-order valence-corrected chi connectivity index (χ2v) is 4.29. The van der Waals surface area contributed by atoms with E-state index >= 15 is 0 Å². The average Bonchev–Trinajstić information content (AvgIpc) is 2.49. The van der Waals surface area contributed by atoms with Gasteiger partial charge in [-0.2, -0.15) is 5.26 Å². The minimum absolute atomic E-state index is 0.370. The van der Waals surface area contributed by atoms with Crippen molar-refractivity contribution in [3.05, 3.63) is 60.3 Å². The molecule has 0 fully saturated rings. The van der Waals surface area contributed by atoms with E-state index in [9.17, 15) is 0 Å². The number of pyridine rings is 1. The zero-order valence-electron chi connectivity index (χ0n) is 10.6. The standard InChI is InChI=1S/C16H11N3O/c17-9-11-10-19-15-7-6-13(8-14(15)16(11)18)20-12-4-2-1-3-5-12/h1-8,10H,(H2,18,19). The van der Waals surface area contributed by atoms with Gasteiger partial charge in [0.2, 0.25) is 0 Å². The molecule has 0 aliphatic heterocycles. The fourth-order valence-electron chi connectivity index (χ4n) is 1.97. The number of ether oxygens (including phenoxy) is 1. The summed E-state index contributed by atoms with van der Waals surface area (Å²) in [6.45, 7) is 0. The first-order valence-corrected chi connectivity index (χ1v) is 6.09. The molecule has 0 spiro atoms. The number of nitriles is 1. The van der Waals surface area contributed by atoms with Crippen LogP contribution in [0.3, 0.4) is 0 Å². The summed E-state index contributed by atoms with van der Waals surface area (Å²) < 4.78 is 5.75. The maximum Gasteiger partial charge on any atom is 0.128 e. The molecule has 0 radical (unpaired) electrons. The van der Waals surface area contributed by atoms with Crippen LogP contribution in [0, 0.1) is 11.3 Å². The quantitative estimate of drug-likeness (QED) is 0.766. The fourth-order valence-corrected chi connectivity index (χ4v) is 1.97. The number of hydrogen-bond acceptors (Lipinski definition) is 4. The van der Waals surface area contributed by atoms with Gasteiger partial charge in [-0.3, -0.25) is 4.98 Å². The van der Waals surface area contributed by atoms with E-state index in [0.29, 0.717) is 17.0 Å². The number of hydrogen-bond donors (Lipinski definition) is 1. The van der Waals surface area contributed by atoms with Gasteiger partial charge < -0.3 is 10.5 Å². The molecule has 0 saturated heterocycles. The number of nitrogen functional groups attached to an aromatic ring is 1. The van der Waals surface area contributed by atoms with Gasteiger partial charge in [-0.05, 0) is 30.3 Å². The molecule has 4 heteroatoms. The molecule has 4 nitrogen and oxygen atoms in total. The minimum Gasteiger partial charge on any atom is -0.457 e. The Morgan fingerprint density at radius 2 is 1.85 bits per heavy atom. The van der Waals surface area contributed by atoms with Gasteiger partial charge in [-0.25, -0.2) is 0 Å². The Morgan fingerprint density at radius 3 is 2.60 bits per heavy atom. The molecular weight excluding hydrogens is 250 g/mol. The molecule has 20 heavy (non-hydrogen) atoms. The van der Waals surface area contributed by atoms with Crippen LogP contribution in [-0.2, 0) is 0 Å². The van der Waals surface area contributed by atoms with Crippen molar-refractivity contribution in [2.24, 2.45) is 0 Å². The van der Waals surface area contributed by atoms with Gasteiger partial charge in [-0.1, -0.05) is 18.2 Å². The highest BCUT2D eigenvalue weighted by atomic mass is 16.5. The van der Waals surface area contributed by atoms with Crippen molar-refractivity contribution in [3.8, 4) is 17.6 Å². The summed E-state index contributed by atoms with van der Waals surface area (Å²) in [6, 6.07) is 17.0. The molecule has 0 unspecified atom stereocenters. The number of fused-ring (bicyclic) bond motifs is 1. The molecular formula is C16H11N3O. The van der Waals surface area contributed by atoms with Crippen LogP contribution in [-0.4, -0.2) is 4.98 Å². The SMILES string of the molecule is N#Cc1cnc2ccc(Oc3ccccc3)cc2c1N. The number of benzene rings is 2. The van der Waals surface area contributed by atoms with Crippen molar-refractivity contribution in [2.45, 2.75) is 0 Å². The number of para-hydroxylation sites is 1. The van der Waals surface area contributed by atoms with E-state index in [0.717, 1.165) is 16.7 Å². The molecule has 0 saturated carbocycles. The number of nitrogens with two attached hydrogens (primary N) is 1. The van der Waals surface area contributed by atoms with E-state index in [1.807, 2.05) is 48.5 Å². The van der Waals surface area contributed by atoms with Crippen LogP contribution >= 0.6 is 0 Å². The first kappa shape index (κ1) is 12.0. The van der Waals surface area contributed by atoms with E-state index in [2.05, 4.69) is 4.98 Å². The molecule has 2 N–H and O–H groups in total. The van der Waals surface area contributed by atoms with Crippen molar-refractivity contribution < 1.29 is 4.74 Å². The number of aromatic nitrogens is 1. The van der Waals surface area contributed by atoms with Gasteiger partial charge >= 0.3 is 0 Å². The van der Waals surface area contributed by atoms with Gasteiger partial charge in [-0.15, -0.1) is 0 Å². The Labute approximate surface area is 116 Å². The summed E-state index contributed by atoms with van der Waals surface area (Å²) >= 11 is 0. The van der Waals surface area contributed by atoms with E-state index in [4.69, 9.17) is 15.7 Å². The first-order valence-electron chi connectivity index (χ1n) is 6.09. The van der Waals surface area contributed by atoms with Crippen molar-refractivity contribution >= 4 is 16.6 Å². The molecule has 96 valence electrons. The topological polar surface area (TPSA) is 71.9 Å².